The van der Waals surface area contributed by atoms with Gasteiger partial charge in [-0.3, -0.25) is 0 Å². The zero-order chi connectivity index (χ0) is 11.7. The maximum Gasteiger partial charge on any atom is 0.181 e. The van der Waals surface area contributed by atoms with Gasteiger partial charge in [0.1, 0.15) is 5.52 Å². The number of nitrogens with zero attached hydrogens (tertiary/aromatic N) is 2. The highest BCUT2D eigenvalue weighted by Gasteiger charge is 2.02. The summed E-state index contributed by atoms with van der Waals surface area (Å²) in [7, 11) is 0. The Kier molecular flexibility index (Phi) is 2.13. The number of oxazole rings is 1. The minimum atomic E-state index is 0.663. The zero-order valence-corrected chi connectivity index (χ0v) is 8.92. The van der Waals surface area contributed by atoms with Crippen LogP contribution in [0.15, 0.2) is 53.3 Å². The van der Waals surface area contributed by atoms with Gasteiger partial charge in [0.15, 0.2) is 12.0 Å². The molecule has 0 saturated heterocycles. The third-order valence-electron chi connectivity index (χ3n) is 2.68. The van der Waals surface area contributed by atoms with Gasteiger partial charge in [-0.15, -0.1) is 0 Å². The van der Waals surface area contributed by atoms with Crippen LogP contribution in [0.25, 0.3) is 22.2 Å². The lowest BCUT2D eigenvalue weighted by atomic mass is 10.0. The fourth-order valence-electron chi connectivity index (χ4n) is 1.77. The van der Waals surface area contributed by atoms with Crippen LogP contribution in [-0.4, -0.2) is 4.98 Å². The van der Waals surface area contributed by atoms with Crippen LogP contribution in [0.4, 0.5) is 0 Å². The molecular weight excluding hydrogens is 212 g/mol. The topological polar surface area (TPSA) is 49.8 Å². The fourth-order valence-corrected chi connectivity index (χ4v) is 1.77. The minimum Gasteiger partial charge on any atom is -0.443 e. The Morgan fingerprint density at radius 2 is 1.76 bits per heavy atom. The quantitative estimate of drug-likeness (QED) is 0.631. The molecule has 80 valence electrons. The molecule has 0 aliphatic rings. The van der Waals surface area contributed by atoms with Gasteiger partial charge in [0, 0.05) is 0 Å². The van der Waals surface area contributed by atoms with Crippen LogP contribution in [0.5, 0.6) is 0 Å². The summed E-state index contributed by atoms with van der Waals surface area (Å²) < 4.78 is 5.19. The minimum absolute atomic E-state index is 0.663. The second kappa shape index (κ2) is 3.76. The van der Waals surface area contributed by atoms with Crippen LogP contribution in [0.1, 0.15) is 5.56 Å². The molecule has 3 heteroatoms. The van der Waals surface area contributed by atoms with E-state index in [-0.39, 0.29) is 0 Å². The van der Waals surface area contributed by atoms with Crippen LogP contribution in [0, 0.1) is 11.3 Å². The standard InChI is InChI=1S/C14H8N2O/c15-8-10-1-3-11(4-2-10)12-5-6-14-13(7-12)16-9-17-14/h1-7,9H. The van der Waals surface area contributed by atoms with Gasteiger partial charge in [0.05, 0.1) is 11.6 Å². The third kappa shape index (κ3) is 1.66. The van der Waals surface area contributed by atoms with E-state index < -0.39 is 0 Å². The summed E-state index contributed by atoms with van der Waals surface area (Å²) in [6, 6.07) is 15.4. The van der Waals surface area contributed by atoms with E-state index in [9.17, 15) is 0 Å². The van der Waals surface area contributed by atoms with Crippen molar-refractivity contribution in [2.45, 2.75) is 0 Å². The van der Waals surface area contributed by atoms with E-state index in [1.54, 1.807) is 0 Å². The van der Waals surface area contributed by atoms with Crippen molar-refractivity contribution < 1.29 is 4.42 Å². The summed E-state index contributed by atoms with van der Waals surface area (Å²) in [5, 5.41) is 8.74. The van der Waals surface area contributed by atoms with Crippen molar-refractivity contribution in [2.75, 3.05) is 0 Å². The van der Waals surface area contributed by atoms with E-state index in [4.69, 9.17) is 9.68 Å². The van der Waals surface area contributed by atoms with Crippen molar-refractivity contribution >= 4 is 11.1 Å². The molecule has 0 atom stereocenters. The number of benzene rings is 2. The molecule has 0 fully saturated rings. The van der Waals surface area contributed by atoms with Gasteiger partial charge in [0.25, 0.3) is 0 Å². The molecule has 0 bridgehead atoms. The van der Waals surface area contributed by atoms with E-state index in [1.165, 1.54) is 6.39 Å². The summed E-state index contributed by atoms with van der Waals surface area (Å²) in [6.07, 6.45) is 1.44. The fraction of sp³-hybridized carbons (Fsp3) is 0. The van der Waals surface area contributed by atoms with Gasteiger partial charge in [-0.05, 0) is 35.4 Å². The van der Waals surface area contributed by atoms with Crippen LogP contribution in [0.2, 0.25) is 0 Å². The molecule has 1 aromatic heterocycles. The predicted octanol–water partition coefficient (Wildman–Crippen LogP) is 3.37. The summed E-state index contributed by atoms with van der Waals surface area (Å²) >= 11 is 0. The van der Waals surface area contributed by atoms with Crippen LogP contribution in [0.3, 0.4) is 0 Å². The van der Waals surface area contributed by atoms with Gasteiger partial charge in [0.2, 0.25) is 0 Å². The average Bonchev–Trinajstić information content (AvgIpc) is 2.86. The van der Waals surface area contributed by atoms with Gasteiger partial charge < -0.3 is 4.42 Å². The van der Waals surface area contributed by atoms with Crippen molar-refractivity contribution in [1.82, 2.24) is 4.98 Å². The van der Waals surface area contributed by atoms with E-state index in [1.807, 2.05) is 42.5 Å². The predicted molar refractivity (Wildman–Crippen MR) is 64.2 cm³/mol. The SMILES string of the molecule is N#Cc1ccc(-c2ccc3ocnc3c2)cc1. The van der Waals surface area contributed by atoms with Crippen molar-refractivity contribution in [3.05, 3.63) is 54.4 Å². The van der Waals surface area contributed by atoms with E-state index >= 15 is 0 Å². The maximum absolute atomic E-state index is 8.74. The van der Waals surface area contributed by atoms with Gasteiger partial charge in [-0.1, -0.05) is 18.2 Å². The summed E-state index contributed by atoms with van der Waals surface area (Å²) in [5.74, 6) is 0. The number of hydrogen-bond acceptors (Lipinski definition) is 3. The zero-order valence-electron chi connectivity index (χ0n) is 8.92. The third-order valence-corrected chi connectivity index (χ3v) is 2.68. The molecule has 0 unspecified atom stereocenters. The molecule has 3 nitrogen and oxygen atoms in total. The largest absolute Gasteiger partial charge is 0.443 e. The second-order valence-corrected chi connectivity index (χ2v) is 3.72. The number of hydrogen-bond donors (Lipinski definition) is 0. The molecule has 0 aliphatic heterocycles. The van der Waals surface area contributed by atoms with E-state index in [0.29, 0.717) is 5.56 Å². The molecule has 3 rings (SSSR count). The summed E-state index contributed by atoms with van der Waals surface area (Å²) in [5.41, 5.74) is 4.41. The smallest absolute Gasteiger partial charge is 0.181 e. The van der Waals surface area contributed by atoms with Gasteiger partial charge >= 0.3 is 0 Å². The Bertz CT molecular complexity index is 705. The number of nitriles is 1. The highest BCUT2D eigenvalue weighted by molar-refractivity contribution is 5.80. The molecule has 0 N–H and O–H groups in total. The lowest BCUT2D eigenvalue weighted by Crippen LogP contribution is -1.79. The molecule has 0 amide bonds. The Morgan fingerprint density at radius 3 is 2.53 bits per heavy atom. The second-order valence-electron chi connectivity index (χ2n) is 3.72. The van der Waals surface area contributed by atoms with Crippen molar-refractivity contribution in [3.63, 3.8) is 0 Å². The van der Waals surface area contributed by atoms with Gasteiger partial charge in [-0.2, -0.15) is 5.26 Å². The first-order chi connectivity index (χ1) is 8.36. The average molecular weight is 220 g/mol. The Hall–Kier alpha value is -2.60. The molecule has 3 aromatic rings. The molecule has 0 saturated carbocycles. The van der Waals surface area contributed by atoms with Crippen molar-refractivity contribution in [2.24, 2.45) is 0 Å². The van der Waals surface area contributed by atoms with Crippen LogP contribution in [-0.2, 0) is 0 Å². The monoisotopic (exact) mass is 220 g/mol. The molecule has 2 aromatic carbocycles. The lowest BCUT2D eigenvalue weighted by Gasteiger charge is -2.00. The maximum atomic E-state index is 8.74. The molecule has 0 radical (unpaired) electrons. The first-order valence-electron chi connectivity index (χ1n) is 5.20. The molecule has 0 aliphatic carbocycles. The van der Waals surface area contributed by atoms with Crippen molar-refractivity contribution in [3.8, 4) is 17.2 Å². The highest BCUT2D eigenvalue weighted by Crippen LogP contribution is 2.23. The Morgan fingerprint density at radius 1 is 1.00 bits per heavy atom. The lowest BCUT2D eigenvalue weighted by molar-refractivity contribution is 0.602. The summed E-state index contributed by atoms with van der Waals surface area (Å²) in [4.78, 5) is 4.12. The first-order valence-corrected chi connectivity index (χ1v) is 5.20. The van der Waals surface area contributed by atoms with E-state index in [0.717, 1.165) is 22.2 Å². The Labute approximate surface area is 97.9 Å². The van der Waals surface area contributed by atoms with Crippen LogP contribution < -0.4 is 0 Å². The molecular formula is C14H8N2O. The number of fused-ring (bicyclic) bond motifs is 1. The van der Waals surface area contributed by atoms with Crippen LogP contribution >= 0.6 is 0 Å². The summed E-state index contributed by atoms with van der Waals surface area (Å²) in [6.45, 7) is 0. The first kappa shape index (κ1) is 9.61. The highest BCUT2D eigenvalue weighted by atomic mass is 16.3. The number of rotatable bonds is 1. The molecule has 17 heavy (non-hydrogen) atoms. The molecule has 1 heterocycles. The van der Waals surface area contributed by atoms with Crippen molar-refractivity contribution in [1.29, 1.82) is 5.26 Å². The van der Waals surface area contributed by atoms with Gasteiger partial charge in [-0.25, -0.2) is 4.98 Å². The van der Waals surface area contributed by atoms with E-state index in [2.05, 4.69) is 11.1 Å². The number of aromatic nitrogens is 1. The molecule has 0 spiro atoms. The normalized spacial score (nSPS) is 10.3. The Balaban J connectivity index is 2.10.